The summed E-state index contributed by atoms with van der Waals surface area (Å²) in [6.07, 6.45) is 0. The van der Waals surface area contributed by atoms with Crippen LogP contribution in [0.15, 0.2) is 6.07 Å². The maximum Gasteiger partial charge on any atom is 0.240 e. The maximum absolute atomic E-state index is 11.2. The summed E-state index contributed by atoms with van der Waals surface area (Å²) >= 11 is 5.81. The molecule has 2 amide bonds. The van der Waals surface area contributed by atoms with Gasteiger partial charge in [0, 0.05) is 5.69 Å². The average molecular weight is 255 g/mol. The standard InChI is InChI=1S/C10H11ClN4O2/c1-6-2-7(11)13-8(12-6)3-15-4-9(16)14-10(17)5-15/h2H,3-5H2,1H3,(H,14,16,17). The third kappa shape index (κ3) is 3.21. The Kier molecular flexibility index (Phi) is 3.35. The normalized spacial score (nSPS) is 17.1. The van der Waals surface area contributed by atoms with Crippen LogP contribution in [0.1, 0.15) is 11.5 Å². The summed E-state index contributed by atoms with van der Waals surface area (Å²) in [5.74, 6) is -0.0995. The van der Waals surface area contributed by atoms with E-state index in [1.807, 2.05) is 6.92 Å². The molecule has 2 heterocycles. The van der Waals surface area contributed by atoms with E-state index in [1.54, 1.807) is 11.0 Å². The van der Waals surface area contributed by atoms with Crippen molar-refractivity contribution in [2.24, 2.45) is 0 Å². The minimum atomic E-state index is -0.306. The molecule has 6 nitrogen and oxygen atoms in total. The van der Waals surface area contributed by atoms with E-state index in [4.69, 9.17) is 11.6 Å². The molecule has 1 fully saturated rings. The fraction of sp³-hybridized carbons (Fsp3) is 0.400. The molecule has 2 rings (SSSR count). The number of halogens is 1. The fourth-order valence-electron chi connectivity index (χ4n) is 1.67. The molecule has 7 heteroatoms. The van der Waals surface area contributed by atoms with Crippen LogP contribution in [-0.4, -0.2) is 39.8 Å². The molecule has 1 aliphatic heterocycles. The van der Waals surface area contributed by atoms with Crippen LogP contribution in [0.3, 0.4) is 0 Å². The molecule has 17 heavy (non-hydrogen) atoms. The van der Waals surface area contributed by atoms with Gasteiger partial charge in [0.2, 0.25) is 11.8 Å². The van der Waals surface area contributed by atoms with E-state index in [-0.39, 0.29) is 24.9 Å². The van der Waals surface area contributed by atoms with Gasteiger partial charge in [0.05, 0.1) is 19.6 Å². The molecule has 0 saturated carbocycles. The number of piperazine rings is 1. The van der Waals surface area contributed by atoms with E-state index in [9.17, 15) is 9.59 Å². The van der Waals surface area contributed by atoms with Gasteiger partial charge < -0.3 is 0 Å². The maximum atomic E-state index is 11.2. The van der Waals surface area contributed by atoms with Crippen LogP contribution in [0.2, 0.25) is 5.15 Å². The lowest BCUT2D eigenvalue weighted by atomic mass is 10.3. The second kappa shape index (κ2) is 4.77. The van der Waals surface area contributed by atoms with Crippen molar-refractivity contribution in [1.82, 2.24) is 20.2 Å². The second-order valence-corrected chi connectivity index (χ2v) is 4.25. The van der Waals surface area contributed by atoms with E-state index < -0.39 is 0 Å². The average Bonchev–Trinajstić information content (AvgIpc) is 2.13. The highest BCUT2D eigenvalue weighted by atomic mass is 35.5. The molecular weight excluding hydrogens is 244 g/mol. The lowest BCUT2D eigenvalue weighted by Gasteiger charge is -2.24. The van der Waals surface area contributed by atoms with Crippen LogP contribution >= 0.6 is 11.6 Å². The largest absolute Gasteiger partial charge is 0.294 e. The van der Waals surface area contributed by atoms with Crippen molar-refractivity contribution in [2.75, 3.05) is 13.1 Å². The third-order valence-electron chi connectivity index (χ3n) is 2.25. The molecule has 1 aliphatic rings. The number of aromatic nitrogens is 2. The first-order valence-electron chi connectivity index (χ1n) is 5.08. The highest BCUT2D eigenvalue weighted by Gasteiger charge is 2.23. The van der Waals surface area contributed by atoms with Crippen LogP contribution in [0.5, 0.6) is 0 Å². The Bertz CT molecular complexity index is 441. The topological polar surface area (TPSA) is 75.2 Å². The number of nitrogens with zero attached hydrogens (tertiary/aromatic N) is 3. The van der Waals surface area contributed by atoms with Gasteiger partial charge in [-0.15, -0.1) is 0 Å². The summed E-state index contributed by atoms with van der Waals surface area (Å²) in [5, 5.41) is 2.59. The third-order valence-corrected chi connectivity index (χ3v) is 2.44. The molecule has 0 spiro atoms. The number of carbonyl (C=O) groups excluding carboxylic acids is 2. The van der Waals surface area contributed by atoms with Crippen LogP contribution in [-0.2, 0) is 16.1 Å². The van der Waals surface area contributed by atoms with Crippen LogP contribution in [0, 0.1) is 6.92 Å². The Hall–Kier alpha value is -1.53. The Labute approximate surface area is 103 Å². The highest BCUT2D eigenvalue weighted by molar-refractivity contribution is 6.29. The molecule has 1 saturated heterocycles. The van der Waals surface area contributed by atoms with Gasteiger partial charge in [-0.1, -0.05) is 11.6 Å². The van der Waals surface area contributed by atoms with Crippen molar-refractivity contribution in [2.45, 2.75) is 13.5 Å². The number of carbonyl (C=O) groups is 2. The smallest absolute Gasteiger partial charge is 0.240 e. The number of hydrogen-bond donors (Lipinski definition) is 1. The lowest BCUT2D eigenvalue weighted by molar-refractivity contribution is -0.136. The van der Waals surface area contributed by atoms with Crippen molar-refractivity contribution in [3.05, 3.63) is 22.7 Å². The van der Waals surface area contributed by atoms with Crippen molar-refractivity contribution < 1.29 is 9.59 Å². The van der Waals surface area contributed by atoms with Gasteiger partial charge in [-0.2, -0.15) is 0 Å². The van der Waals surface area contributed by atoms with E-state index in [0.717, 1.165) is 5.69 Å². The molecule has 0 unspecified atom stereocenters. The first-order valence-corrected chi connectivity index (χ1v) is 5.46. The summed E-state index contributed by atoms with van der Waals surface area (Å²) in [5.41, 5.74) is 0.757. The number of imide groups is 1. The number of aryl methyl sites for hydroxylation is 1. The zero-order chi connectivity index (χ0) is 12.4. The van der Waals surface area contributed by atoms with Gasteiger partial charge in [-0.25, -0.2) is 9.97 Å². The van der Waals surface area contributed by atoms with Crippen LogP contribution in [0.25, 0.3) is 0 Å². The molecular formula is C10H11ClN4O2. The predicted octanol–water partition coefficient (Wildman–Crippen LogP) is -0.103. The van der Waals surface area contributed by atoms with E-state index in [2.05, 4.69) is 15.3 Å². The van der Waals surface area contributed by atoms with Crippen molar-refractivity contribution in [3.63, 3.8) is 0 Å². The number of nitrogens with one attached hydrogen (secondary N) is 1. The van der Waals surface area contributed by atoms with Crippen LogP contribution < -0.4 is 5.32 Å². The summed E-state index contributed by atoms with van der Waals surface area (Å²) in [7, 11) is 0. The molecule has 1 N–H and O–H groups in total. The minimum Gasteiger partial charge on any atom is -0.294 e. The highest BCUT2D eigenvalue weighted by Crippen LogP contribution is 2.08. The summed E-state index contributed by atoms with van der Waals surface area (Å²) in [4.78, 5) is 32.3. The van der Waals surface area contributed by atoms with Gasteiger partial charge in [-0.3, -0.25) is 19.8 Å². The van der Waals surface area contributed by atoms with Gasteiger partial charge >= 0.3 is 0 Å². The molecule has 90 valence electrons. The Balaban J connectivity index is 2.09. The predicted molar refractivity (Wildman–Crippen MR) is 60.2 cm³/mol. The van der Waals surface area contributed by atoms with E-state index in [1.165, 1.54) is 0 Å². The van der Waals surface area contributed by atoms with Crippen molar-refractivity contribution in [1.29, 1.82) is 0 Å². The molecule has 0 atom stereocenters. The van der Waals surface area contributed by atoms with Gasteiger partial charge in [-0.05, 0) is 13.0 Å². The molecule has 0 bridgehead atoms. The number of amides is 2. The van der Waals surface area contributed by atoms with Gasteiger partial charge in [0.1, 0.15) is 11.0 Å². The van der Waals surface area contributed by atoms with Crippen molar-refractivity contribution in [3.8, 4) is 0 Å². The quantitative estimate of drug-likeness (QED) is 0.589. The summed E-state index contributed by atoms with van der Waals surface area (Å²) < 4.78 is 0. The number of hydrogen-bond acceptors (Lipinski definition) is 5. The summed E-state index contributed by atoms with van der Waals surface area (Å²) in [6, 6.07) is 1.65. The van der Waals surface area contributed by atoms with E-state index in [0.29, 0.717) is 17.5 Å². The molecule has 0 aliphatic carbocycles. The Morgan fingerprint density at radius 2 is 2.00 bits per heavy atom. The Morgan fingerprint density at radius 3 is 2.59 bits per heavy atom. The monoisotopic (exact) mass is 254 g/mol. The first kappa shape index (κ1) is 11.9. The number of rotatable bonds is 2. The zero-order valence-electron chi connectivity index (χ0n) is 9.23. The van der Waals surface area contributed by atoms with E-state index >= 15 is 0 Å². The first-order chi connectivity index (χ1) is 8.02. The minimum absolute atomic E-state index is 0.167. The Morgan fingerprint density at radius 1 is 1.35 bits per heavy atom. The second-order valence-electron chi connectivity index (χ2n) is 3.86. The molecule has 1 aromatic heterocycles. The summed E-state index contributed by atoms with van der Waals surface area (Å²) in [6.45, 7) is 2.48. The van der Waals surface area contributed by atoms with Crippen LogP contribution in [0.4, 0.5) is 0 Å². The molecule has 0 radical (unpaired) electrons. The molecule has 1 aromatic rings. The lowest BCUT2D eigenvalue weighted by Crippen LogP contribution is -2.51. The van der Waals surface area contributed by atoms with Gasteiger partial charge in [0.25, 0.3) is 0 Å². The van der Waals surface area contributed by atoms with Crippen molar-refractivity contribution >= 4 is 23.4 Å². The molecule has 0 aromatic carbocycles. The SMILES string of the molecule is Cc1cc(Cl)nc(CN2CC(=O)NC(=O)C2)n1. The fourth-order valence-corrected chi connectivity index (χ4v) is 1.92. The van der Waals surface area contributed by atoms with Gasteiger partial charge in [0.15, 0.2) is 0 Å². The zero-order valence-corrected chi connectivity index (χ0v) is 9.99.